The molecule has 0 fully saturated rings. The van der Waals surface area contributed by atoms with Crippen LogP contribution < -0.4 is 14.2 Å². The van der Waals surface area contributed by atoms with E-state index >= 15 is 0 Å². The molecular weight excluding hydrogens is 368 g/mol. The summed E-state index contributed by atoms with van der Waals surface area (Å²) in [6.07, 6.45) is 0. The number of hydrogen-bond donors (Lipinski definition) is 1. The molecule has 3 rings (SSSR count). The van der Waals surface area contributed by atoms with Crippen LogP contribution in [0.1, 0.15) is 23.6 Å². The summed E-state index contributed by atoms with van der Waals surface area (Å²) in [5, 5.41) is 12.1. The Kier molecular flexibility index (Phi) is 6.75. The number of aliphatic hydroxyl groups is 1. The first-order valence-electron chi connectivity index (χ1n) is 9.45. The van der Waals surface area contributed by atoms with Gasteiger partial charge in [-0.2, -0.15) is 0 Å². The Labute approximate surface area is 171 Å². The summed E-state index contributed by atoms with van der Waals surface area (Å²) in [4.78, 5) is 0. The molecule has 3 aromatic carbocycles. The van der Waals surface area contributed by atoms with E-state index in [1.807, 2.05) is 79.7 Å². The van der Waals surface area contributed by atoms with Crippen LogP contribution in [0.25, 0.3) is 0 Å². The summed E-state index contributed by atoms with van der Waals surface area (Å²) in [6, 6.07) is 22.1. The first kappa shape index (κ1) is 20.7. The van der Waals surface area contributed by atoms with E-state index in [1.54, 1.807) is 14.2 Å². The third kappa shape index (κ3) is 4.36. The molecule has 5 heteroatoms. The second kappa shape index (κ2) is 9.45. The molecule has 29 heavy (non-hydrogen) atoms. The van der Waals surface area contributed by atoms with Crippen molar-refractivity contribution in [3.63, 3.8) is 0 Å². The summed E-state index contributed by atoms with van der Waals surface area (Å²) < 4.78 is 21.7. The maximum atomic E-state index is 12.1. The van der Waals surface area contributed by atoms with Gasteiger partial charge in [-0.1, -0.05) is 42.5 Å². The van der Waals surface area contributed by atoms with Gasteiger partial charge < -0.3 is 24.1 Å². The maximum Gasteiger partial charge on any atom is 0.189 e. The Balaban J connectivity index is 2.14. The van der Waals surface area contributed by atoms with Crippen molar-refractivity contribution >= 4 is 0 Å². The van der Waals surface area contributed by atoms with E-state index in [9.17, 15) is 5.11 Å². The van der Waals surface area contributed by atoms with E-state index in [2.05, 4.69) is 0 Å². The van der Waals surface area contributed by atoms with Gasteiger partial charge in [0.05, 0.1) is 14.2 Å². The van der Waals surface area contributed by atoms with Crippen molar-refractivity contribution in [1.82, 2.24) is 0 Å². The van der Waals surface area contributed by atoms with Crippen LogP contribution in [0, 0.1) is 0 Å². The lowest BCUT2D eigenvalue weighted by Gasteiger charge is -2.31. The largest absolute Gasteiger partial charge is 0.497 e. The molecule has 0 amide bonds. The van der Waals surface area contributed by atoms with Crippen molar-refractivity contribution in [1.29, 1.82) is 0 Å². The van der Waals surface area contributed by atoms with Gasteiger partial charge in [-0.3, -0.25) is 0 Å². The smallest absolute Gasteiger partial charge is 0.189 e. The van der Waals surface area contributed by atoms with Gasteiger partial charge in [0.1, 0.15) is 22.8 Å². The number of methoxy groups -OCH3 is 2. The molecule has 0 aliphatic heterocycles. The molecule has 0 unspecified atom stereocenters. The molecule has 0 aliphatic rings. The van der Waals surface area contributed by atoms with Crippen molar-refractivity contribution < 1.29 is 24.1 Å². The van der Waals surface area contributed by atoms with Gasteiger partial charge in [-0.15, -0.1) is 0 Å². The highest BCUT2D eigenvalue weighted by molar-refractivity contribution is 5.53. The summed E-state index contributed by atoms with van der Waals surface area (Å²) in [5.74, 6) is 1.98. The van der Waals surface area contributed by atoms with Gasteiger partial charge in [-0.05, 0) is 48.4 Å². The highest BCUT2D eigenvalue weighted by Crippen LogP contribution is 2.42. The Morgan fingerprint density at radius 1 is 0.759 bits per heavy atom. The first-order chi connectivity index (χ1) is 14.1. The van der Waals surface area contributed by atoms with Crippen LogP contribution in [0.5, 0.6) is 17.2 Å². The number of ether oxygens (including phenoxy) is 4. The number of rotatable bonds is 9. The second-order valence-corrected chi connectivity index (χ2v) is 6.42. The van der Waals surface area contributed by atoms with Gasteiger partial charge >= 0.3 is 0 Å². The Bertz CT molecular complexity index is 856. The van der Waals surface area contributed by atoms with Crippen LogP contribution in [0.15, 0.2) is 72.8 Å². The average molecular weight is 394 g/mol. The highest BCUT2D eigenvalue weighted by atomic mass is 16.7. The predicted octanol–water partition coefficient (Wildman–Crippen LogP) is 4.36. The lowest BCUT2D eigenvalue weighted by atomic mass is 9.80. The molecule has 0 saturated carbocycles. The van der Waals surface area contributed by atoms with Gasteiger partial charge in [0.15, 0.2) is 6.79 Å². The SMILES string of the molecule is CCOCOc1ccccc1C(O)(c1ccc(OC)cc1)c1ccc(OC)cc1. The zero-order valence-electron chi connectivity index (χ0n) is 16.9. The van der Waals surface area contributed by atoms with Crippen molar-refractivity contribution in [2.45, 2.75) is 12.5 Å². The molecule has 0 radical (unpaired) electrons. The fourth-order valence-corrected chi connectivity index (χ4v) is 3.22. The van der Waals surface area contributed by atoms with Crippen molar-refractivity contribution in [2.24, 2.45) is 0 Å². The third-order valence-corrected chi connectivity index (χ3v) is 4.79. The molecule has 0 aromatic heterocycles. The van der Waals surface area contributed by atoms with Crippen LogP contribution in [-0.2, 0) is 10.3 Å². The highest BCUT2D eigenvalue weighted by Gasteiger charge is 2.36. The molecule has 0 bridgehead atoms. The molecule has 0 heterocycles. The molecule has 3 aromatic rings. The molecule has 0 saturated heterocycles. The number of para-hydroxylation sites is 1. The van der Waals surface area contributed by atoms with E-state index < -0.39 is 5.60 Å². The minimum atomic E-state index is -1.44. The van der Waals surface area contributed by atoms with Crippen molar-refractivity contribution in [3.8, 4) is 17.2 Å². The lowest BCUT2D eigenvalue weighted by molar-refractivity contribution is 0.0188. The zero-order valence-corrected chi connectivity index (χ0v) is 16.9. The first-order valence-corrected chi connectivity index (χ1v) is 9.45. The number of benzene rings is 3. The maximum absolute atomic E-state index is 12.1. The van der Waals surface area contributed by atoms with Crippen LogP contribution in [0.2, 0.25) is 0 Å². The van der Waals surface area contributed by atoms with E-state index in [-0.39, 0.29) is 6.79 Å². The summed E-state index contributed by atoms with van der Waals surface area (Å²) >= 11 is 0. The van der Waals surface area contributed by atoms with Crippen LogP contribution in [0.3, 0.4) is 0 Å². The lowest BCUT2D eigenvalue weighted by Crippen LogP contribution is -2.29. The monoisotopic (exact) mass is 394 g/mol. The zero-order chi connectivity index (χ0) is 20.7. The van der Waals surface area contributed by atoms with Crippen LogP contribution in [-0.4, -0.2) is 32.7 Å². The number of hydrogen-bond acceptors (Lipinski definition) is 5. The minimum absolute atomic E-state index is 0.106. The second-order valence-electron chi connectivity index (χ2n) is 6.42. The predicted molar refractivity (Wildman–Crippen MR) is 112 cm³/mol. The molecular formula is C24H26O5. The summed E-state index contributed by atoms with van der Waals surface area (Å²) in [6.45, 7) is 2.55. The minimum Gasteiger partial charge on any atom is -0.497 e. The standard InChI is InChI=1S/C24H26O5/c1-4-28-17-29-23-8-6-5-7-22(23)24(25,18-9-13-20(26-2)14-10-18)19-11-15-21(27-3)16-12-19/h5-16,25H,4,17H2,1-3H3. The van der Waals surface area contributed by atoms with Gasteiger partial charge in [0.2, 0.25) is 0 Å². The summed E-state index contributed by atoms with van der Waals surface area (Å²) in [5.41, 5.74) is 0.559. The van der Waals surface area contributed by atoms with Gasteiger partial charge in [0.25, 0.3) is 0 Å². The van der Waals surface area contributed by atoms with E-state index in [0.29, 0.717) is 40.5 Å². The molecule has 1 N–H and O–H groups in total. The normalized spacial score (nSPS) is 11.2. The molecule has 0 atom stereocenters. The van der Waals surface area contributed by atoms with Crippen LogP contribution in [0.4, 0.5) is 0 Å². The Morgan fingerprint density at radius 3 is 1.76 bits per heavy atom. The van der Waals surface area contributed by atoms with Crippen molar-refractivity contribution in [3.05, 3.63) is 89.5 Å². The fourth-order valence-electron chi connectivity index (χ4n) is 3.22. The van der Waals surface area contributed by atoms with E-state index in [0.717, 1.165) is 0 Å². The van der Waals surface area contributed by atoms with E-state index in [4.69, 9.17) is 18.9 Å². The average Bonchev–Trinajstić information content (AvgIpc) is 2.79. The molecule has 152 valence electrons. The van der Waals surface area contributed by atoms with Gasteiger partial charge in [0, 0.05) is 12.2 Å². The fraction of sp³-hybridized carbons (Fsp3) is 0.250. The Morgan fingerprint density at radius 2 is 1.28 bits per heavy atom. The third-order valence-electron chi connectivity index (χ3n) is 4.79. The van der Waals surface area contributed by atoms with Crippen molar-refractivity contribution in [2.75, 3.05) is 27.6 Å². The molecule has 0 aliphatic carbocycles. The van der Waals surface area contributed by atoms with Gasteiger partial charge in [-0.25, -0.2) is 0 Å². The van der Waals surface area contributed by atoms with E-state index in [1.165, 1.54) is 0 Å². The topological polar surface area (TPSA) is 57.2 Å². The molecule has 0 spiro atoms. The molecule has 5 nitrogen and oxygen atoms in total. The quantitative estimate of drug-likeness (QED) is 0.332. The van der Waals surface area contributed by atoms with Crippen LogP contribution >= 0.6 is 0 Å². The summed E-state index contributed by atoms with van der Waals surface area (Å²) in [7, 11) is 3.23. The Hall–Kier alpha value is -3.02.